The number of aliphatic hydroxyl groups is 1. The lowest BCUT2D eigenvalue weighted by molar-refractivity contribution is 0.215. The standard InChI is InChI=1S/C27H21BrN2OS/c28-26-23(16-17-32-26)25(31)24-18-30(19-29-24)27(20-10-4-1-5-11-20,21-12-6-2-7-13-21)22-14-8-3-9-15-22/h1-19,25,31H. The molecule has 0 saturated heterocycles. The Labute approximate surface area is 199 Å². The summed E-state index contributed by atoms with van der Waals surface area (Å²) in [6.07, 6.45) is 2.98. The van der Waals surface area contributed by atoms with Crippen molar-refractivity contribution in [2.45, 2.75) is 11.6 Å². The summed E-state index contributed by atoms with van der Waals surface area (Å²) in [7, 11) is 0. The molecule has 2 aromatic heterocycles. The number of aliphatic hydroxyl groups excluding tert-OH is 1. The molecule has 0 aliphatic heterocycles. The van der Waals surface area contributed by atoms with Crippen LogP contribution in [0.2, 0.25) is 0 Å². The first-order valence-corrected chi connectivity index (χ1v) is 12.0. The highest BCUT2D eigenvalue weighted by atomic mass is 79.9. The second-order valence-electron chi connectivity index (χ2n) is 7.57. The van der Waals surface area contributed by atoms with Crippen LogP contribution in [-0.2, 0) is 5.54 Å². The van der Waals surface area contributed by atoms with Gasteiger partial charge in [0.1, 0.15) is 11.6 Å². The van der Waals surface area contributed by atoms with Crippen LogP contribution in [0.1, 0.15) is 34.1 Å². The average molecular weight is 501 g/mol. The van der Waals surface area contributed by atoms with E-state index in [0.717, 1.165) is 26.0 Å². The maximum atomic E-state index is 11.1. The van der Waals surface area contributed by atoms with Crippen LogP contribution in [-0.4, -0.2) is 14.7 Å². The van der Waals surface area contributed by atoms with E-state index in [0.29, 0.717) is 5.69 Å². The zero-order valence-electron chi connectivity index (χ0n) is 17.2. The molecular formula is C27H21BrN2OS. The number of aromatic nitrogens is 2. The number of thiophene rings is 1. The van der Waals surface area contributed by atoms with Crippen LogP contribution >= 0.6 is 27.3 Å². The molecule has 0 aliphatic carbocycles. The van der Waals surface area contributed by atoms with Gasteiger partial charge in [-0.3, -0.25) is 0 Å². The monoisotopic (exact) mass is 500 g/mol. The van der Waals surface area contributed by atoms with Gasteiger partial charge >= 0.3 is 0 Å². The minimum Gasteiger partial charge on any atom is -0.382 e. The minimum atomic E-state index is -0.808. The third-order valence-electron chi connectivity index (χ3n) is 5.79. The number of rotatable bonds is 6. The zero-order valence-corrected chi connectivity index (χ0v) is 19.6. The molecule has 5 rings (SSSR count). The first kappa shape index (κ1) is 20.9. The van der Waals surface area contributed by atoms with Gasteiger partial charge in [0.15, 0.2) is 0 Å². The first-order chi connectivity index (χ1) is 15.7. The van der Waals surface area contributed by atoms with Crippen LogP contribution < -0.4 is 0 Å². The van der Waals surface area contributed by atoms with Gasteiger partial charge in [-0.2, -0.15) is 0 Å². The summed E-state index contributed by atoms with van der Waals surface area (Å²) in [5.41, 5.74) is 4.15. The van der Waals surface area contributed by atoms with Crippen molar-refractivity contribution < 1.29 is 5.11 Å². The molecule has 0 bridgehead atoms. The topological polar surface area (TPSA) is 38.0 Å². The van der Waals surface area contributed by atoms with E-state index < -0.39 is 11.6 Å². The third-order valence-corrected chi connectivity index (χ3v) is 7.52. The van der Waals surface area contributed by atoms with Gasteiger partial charge in [0.2, 0.25) is 0 Å². The van der Waals surface area contributed by atoms with E-state index in [1.165, 1.54) is 0 Å². The third kappa shape index (κ3) is 3.52. The molecule has 158 valence electrons. The second-order valence-corrected chi connectivity index (χ2v) is 9.80. The van der Waals surface area contributed by atoms with Crippen molar-refractivity contribution in [3.05, 3.63) is 147 Å². The maximum absolute atomic E-state index is 11.1. The molecular weight excluding hydrogens is 480 g/mol. The molecule has 1 unspecified atom stereocenters. The molecule has 0 saturated carbocycles. The predicted molar refractivity (Wildman–Crippen MR) is 133 cm³/mol. The summed E-state index contributed by atoms with van der Waals surface area (Å²) < 4.78 is 3.03. The molecule has 5 aromatic rings. The fourth-order valence-corrected chi connectivity index (χ4v) is 5.63. The number of imidazole rings is 1. The van der Waals surface area contributed by atoms with Gasteiger partial charge in [-0.25, -0.2) is 4.98 Å². The van der Waals surface area contributed by atoms with Crippen LogP contribution in [0.25, 0.3) is 0 Å². The van der Waals surface area contributed by atoms with E-state index in [9.17, 15) is 5.11 Å². The summed E-state index contributed by atoms with van der Waals surface area (Å²) in [6.45, 7) is 0. The number of hydrogen-bond donors (Lipinski definition) is 1. The second kappa shape index (κ2) is 8.87. The van der Waals surface area contributed by atoms with Crippen LogP contribution in [0.5, 0.6) is 0 Å². The molecule has 1 N–H and O–H groups in total. The molecule has 0 spiro atoms. The summed E-state index contributed by atoms with van der Waals surface area (Å²) >= 11 is 5.10. The molecule has 3 aromatic carbocycles. The lowest BCUT2D eigenvalue weighted by Gasteiger charge is -2.37. The molecule has 32 heavy (non-hydrogen) atoms. The molecule has 2 heterocycles. The fourth-order valence-electron chi connectivity index (χ4n) is 4.31. The van der Waals surface area contributed by atoms with Crippen molar-refractivity contribution in [2.75, 3.05) is 0 Å². The number of benzene rings is 3. The number of hydrogen-bond acceptors (Lipinski definition) is 3. The molecule has 0 fully saturated rings. The van der Waals surface area contributed by atoms with Crippen LogP contribution in [0.3, 0.4) is 0 Å². The van der Waals surface area contributed by atoms with Crippen molar-refractivity contribution in [2.24, 2.45) is 0 Å². The Kier molecular flexibility index (Phi) is 5.79. The maximum Gasteiger partial charge on any atom is 0.124 e. The highest BCUT2D eigenvalue weighted by molar-refractivity contribution is 9.11. The number of nitrogens with zero attached hydrogens (tertiary/aromatic N) is 2. The molecule has 3 nitrogen and oxygen atoms in total. The van der Waals surface area contributed by atoms with E-state index in [1.807, 2.05) is 42.2 Å². The van der Waals surface area contributed by atoms with Gasteiger partial charge in [0.05, 0.1) is 15.8 Å². The first-order valence-electron chi connectivity index (χ1n) is 10.3. The Morgan fingerprint density at radius 1 is 0.781 bits per heavy atom. The van der Waals surface area contributed by atoms with Crippen LogP contribution in [0.15, 0.2) is 119 Å². The molecule has 0 amide bonds. The van der Waals surface area contributed by atoms with Gasteiger partial charge in [-0.1, -0.05) is 91.0 Å². The smallest absolute Gasteiger partial charge is 0.124 e. The molecule has 0 radical (unpaired) electrons. The number of halogens is 1. The van der Waals surface area contributed by atoms with E-state index >= 15 is 0 Å². The van der Waals surface area contributed by atoms with Gasteiger partial charge < -0.3 is 9.67 Å². The van der Waals surface area contributed by atoms with Crippen molar-refractivity contribution in [3.63, 3.8) is 0 Å². The highest BCUT2D eigenvalue weighted by Gasteiger charge is 2.38. The van der Waals surface area contributed by atoms with Gasteiger partial charge in [-0.05, 0) is 44.1 Å². The van der Waals surface area contributed by atoms with Crippen molar-refractivity contribution in [3.8, 4) is 0 Å². The lowest BCUT2D eigenvalue weighted by atomic mass is 9.77. The van der Waals surface area contributed by atoms with E-state index in [2.05, 4.69) is 98.3 Å². The quantitative estimate of drug-likeness (QED) is 0.265. The average Bonchev–Trinajstić information content (AvgIpc) is 3.51. The largest absolute Gasteiger partial charge is 0.382 e. The van der Waals surface area contributed by atoms with Crippen molar-refractivity contribution >= 4 is 27.3 Å². The van der Waals surface area contributed by atoms with Gasteiger partial charge in [0, 0.05) is 11.8 Å². The Morgan fingerprint density at radius 2 is 1.28 bits per heavy atom. The van der Waals surface area contributed by atoms with E-state index in [4.69, 9.17) is 0 Å². The highest BCUT2D eigenvalue weighted by Crippen LogP contribution is 2.41. The summed E-state index contributed by atoms with van der Waals surface area (Å²) in [5, 5.41) is 13.0. The molecule has 0 aliphatic rings. The molecule has 1 atom stereocenters. The van der Waals surface area contributed by atoms with E-state index in [1.54, 1.807) is 11.3 Å². The zero-order chi connectivity index (χ0) is 22.0. The Hall–Kier alpha value is -2.99. The van der Waals surface area contributed by atoms with Crippen molar-refractivity contribution in [1.29, 1.82) is 0 Å². The Morgan fingerprint density at radius 3 is 1.72 bits per heavy atom. The van der Waals surface area contributed by atoms with E-state index in [-0.39, 0.29) is 0 Å². The molecule has 5 heteroatoms. The minimum absolute atomic E-state index is 0.608. The summed E-state index contributed by atoms with van der Waals surface area (Å²) in [5.74, 6) is 0. The lowest BCUT2D eigenvalue weighted by Crippen LogP contribution is -2.37. The van der Waals surface area contributed by atoms with Gasteiger partial charge in [0.25, 0.3) is 0 Å². The SMILES string of the molecule is OC(c1cn(C(c2ccccc2)(c2ccccc2)c2ccccc2)cn1)c1ccsc1Br. The van der Waals surface area contributed by atoms with Crippen molar-refractivity contribution in [1.82, 2.24) is 9.55 Å². The normalized spacial score (nSPS) is 12.6. The predicted octanol–water partition coefficient (Wildman–Crippen LogP) is 6.63. The van der Waals surface area contributed by atoms with Gasteiger partial charge in [-0.15, -0.1) is 11.3 Å². The Bertz CT molecular complexity index is 1200. The summed E-state index contributed by atoms with van der Waals surface area (Å²) in [4.78, 5) is 4.65. The Balaban J connectivity index is 1.76. The summed E-state index contributed by atoms with van der Waals surface area (Å²) in [6, 6.07) is 33.2. The fraction of sp³-hybridized carbons (Fsp3) is 0.0741. The van der Waals surface area contributed by atoms with Crippen LogP contribution in [0, 0.1) is 0 Å². The van der Waals surface area contributed by atoms with Crippen LogP contribution in [0.4, 0.5) is 0 Å².